The number of ether oxygens (including phenoxy) is 1. The third kappa shape index (κ3) is 5.58. The second-order valence-electron chi connectivity index (χ2n) is 8.78. The van der Waals surface area contributed by atoms with E-state index < -0.39 is 5.82 Å². The Labute approximate surface area is 193 Å². The Balaban J connectivity index is 1.49. The number of anilines is 2. The first-order valence-corrected chi connectivity index (χ1v) is 11.5. The molecule has 0 amide bonds. The van der Waals surface area contributed by atoms with Gasteiger partial charge in [0, 0.05) is 18.2 Å². The Morgan fingerprint density at radius 2 is 1.91 bits per heavy atom. The standard InChI is InChI=1S/C24H31FN6O2/c1-14(2)28-23-19(25)13-27-24(30-23)26-12-18-15(3)31-33-22(18)20-10-11-21(16(4)29-20)32-17-8-6-5-7-9-17/h10-11,13-14,17H,5-9,12H2,1-4H3,(H2,26,27,28,30). The average molecular weight is 455 g/mol. The molecule has 0 aromatic carbocycles. The summed E-state index contributed by atoms with van der Waals surface area (Å²) in [4.78, 5) is 13.0. The molecule has 1 saturated carbocycles. The van der Waals surface area contributed by atoms with Crippen molar-refractivity contribution in [3.63, 3.8) is 0 Å². The molecule has 0 atom stereocenters. The van der Waals surface area contributed by atoms with Gasteiger partial charge in [0.1, 0.15) is 11.4 Å². The molecule has 0 spiro atoms. The number of pyridine rings is 1. The molecule has 8 nitrogen and oxygen atoms in total. The van der Waals surface area contributed by atoms with Gasteiger partial charge in [-0.3, -0.25) is 0 Å². The number of rotatable bonds is 8. The smallest absolute Gasteiger partial charge is 0.225 e. The number of aryl methyl sites for hydroxylation is 2. The first-order chi connectivity index (χ1) is 15.9. The fourth-order valence-electron chi connectivity index (χ4n) is 3.95. The summed E-state index contributed by atoms with van der Waals surface area (Å²) in [6, 6.07) is 3.90. The van der Waals surface area contributed by atoms with Gasteiger partial charge in [-0.1, -0.05) is 11.6 Å². The highest BCUT2D eigenvalue weighted by atomic mass is 19.1. The van der Waals surface area contributed by atoms with Crippen LogP contribution in [0.15, 0.2) is 22.9 Å². The summed E-state index contributed by atoms with van der Waals surface area (Å²) in [5.74, 6) is 1.37. The second kappa shape index (κ2) is 10.1. The molecule has 4 rings (SSSR count). The molecule has 1 fully saturated rings. The quantitative estimate of drug-likeness (QED) is 0.465. The Hall–Kier alpha value is -3.23. The highest BCUT2D eigenvalue weighted by Gasteiger charge is 2.20. The number of nitrogens with one attached hydrogen (secondary N) is 2. The first kappa shape index (κ1) is 22.9. The van der Waals surface area contributed by atoms with Gasteiger partial charge in [0.25, 0.3) is 0 Å². The van der Waals surface area contributed by atoms with E-state index in [1.807, 2.05) is 39.8 Å². The summed E-state index contributed by atoms with van der Waals surface area (Å²) < 4.78 is 25.7. The zero-order valence-corrected chi connectivity index (χ0v) is 19.6. The van der Waals surface area contributed by atoms with E-state index in [1.165, 1.54) is 19.3 Å². The van der Waals surface area contributed by atoms with Crippen molar-refractivity contribution >= 4 is 11.8 Å². The summed E-state index contributed by atoms with van der Waals surface area (Å²) in [6.45, 7) is 8.01. The topological polar surface area (TPSA) is 98.0 Å². The lowest BCUT2D eigenvalue weighted by Gasteiger charge is -2.23. The van der Waals surface area contributed by atoms with Crippen molar-refractivity contribution in [3.05, 3.63) is 41.1 Å². The number of halogens is 1. The monoisotopic (exact) mass is 454 g/mol. The molecule has 0 aliphatic heterocycles. The van der Waals surface area contributed by atoms with Crippen LogP contribution in [0.2, 0.25) is 0 Å². The summed E-state index contributed by atoms with van der Waals surface area (Å²) in [6.07, 6.45) is 7.33. The second-order valence-corrected chi connectivity index (χ2v) is 8.78. The fourth-order valence-corrected chi connectivity index (χ4v) is 3.95. The van der Waals surface area contributed by atoms with E-state index in [4.69, 9.17) is 14.2 Å². The molecule has 33 heavy (non-hydrogen) atoms. The number of aromatic nitrogens is 4. The van der Waals surface area contributed by atoms with Crippen molar-refractivity contribution in [2.24, 2.45) is 0 Å². The SMILES string of the molecule is Cc1nc(-c2onc(C)c2CNc2ncc(F)c(NC(C)C)n2)ccc1OC1CCCCC1. The lowest BCUT2D eigenvalue weighted by molar-refractivity contribution is 0.153. The van der Waals surface area contributed by atoms with Crippen molar-refractivity contribution in [1.82, 2.24) is 20.1 Å². The third-order valence-electron chi connectivity index (χ3n) is 5.69. The molecule has 0 radical (unpaired) electrons. The van der Waals surface area contributed by atoms with Gasteiger partial charge in [0.05, 0.1) is 23.7 Å². The van der Waals surface area contributed by atoms with Crippen molar-refractivity contribution < 1.29 is 13.7 Å². The molecule has 0 bridgehead atoms. The predicted octanol–water partition coefficient (Wildman–Crippen LogP) is 5.43. The van der Waals surface area contributed by atoms with Gasteiger partial charge in [0.2, 0.25) is 5.95 Å². The van der Waals surface area contributed by atoms with Crippen LogP contribution in [0, 0.1) is 19.7 Å². The van der Waals surface area contributed by atoms with Crippen LogP contribution in [0.5, 0.6) is 5.75 Å². The number of hydrogen-bond acceptors (Lipinski definition) is 8. The summed E-state index contributed by atoms with van der Waals surface area (Å²) >= 11 is 0. The zero-order valence-electron chi connectivity index (χ0n) is 19.6. The van der Waals surface area contributed by atoms with Gasteiger partial charge in [-0.15, -0.1) is 0 Å². The molecule has 3 aromatic heterocycles. The Morgan fingerprint density at radius 1 is 1.12 bits per heavy atom. The lowest BCUT2D eigenvalue weighted by atomic mass is 9.98. The molecule has 3 heterocycles. The maximum atomic E-state index is 14.0. The molecule has 1 aliphatic carbocycles. The minimum Gasteiger partial charge on any atom is -0.489 e. The average Bonchev–Trinajstić information content (AvgIpc) is 3.16. The molecule has 0 unspecified atom stereocenters. The van der Waals surface area contributed by atoms with E-state index in [-0.39, 0.29) is 18.0 Å². The van der Waals surface area contributed by atoms with Gasteiger partial charge >= 0.3 is 0 Å². The van der Waals surface area contributed by atoms with Crippen LogP contribution in [0.4, 0.5) is 16.2 Å². The highest BCUT2D eigenvalue weighted by molar-refractivity contribution is 5.59. The molecular formula is C24H31FN6O2. The van der Waals surface area contributed by atoms with Crippen molar-refractivity contribution in [1.29, 1.82) is 0 Å². The molecule has 0 saturated heterocycles. The van der Waals surface area contributed by atoms with Crippen molar-refractivity contribution in [2.75, 3.05) is 10.6 Å². The zero-order chi connectivity index (χ0) is 23.4. The van der Waals surface area contributed by atoms with E-state index in [0.717, 1.165) is 41.7 Å². The van der Waals surface area contributed by atoms with Gasteiger partial charge in [0.15, 0.2) is 17.4 Å². The van der Waals surface area contributed by atoms with Crippen LogP contribution in [0.25, 0.3) is 11.5 Å². The van der Waals surface area contributed by atoms with E-state index in [9.17, 15) is 4.39 Å². The Morgan fingerprint density at radius 3 is 2.64 bits per heavy atom. The van der Waals surface area contributed by atoms with E-state index >= 15 is 0 Å². The predicted molar refractivity (Wildman–Crippen MR) is 125 cm³/mol. The number of hydrogen-bond donors (Lipinski definition) is 2. The minimum atomic E-state index is -0.494. The van der Waals surface area contributed by atoms with Crippen LogP contribution in [-0.2, 0) is 6.54 Å². The number of nitrogens with zero attached hydrogens (tertiary/aromatic N) is 4. The summed E-state index contributed by atoms with van der Waals surface area (Å²) in [7, 11) is 0. The molecule has 9 heteroatoms. The molecule has 2 N–H and O–H groups in total. The Bertz CT molecular complexity index is 1090. The van der Waals surface area contributed by atoms with Crippen LogP contribution >= 0.6 is 0 Å². The van der Waals surface area contributed by atoms with E-state index in [0.29, 0.717) is 23.9 Å². The van der Waals surface area contributed by atoms with Crippen LogP contribution in [-0.4, -0.2) is 32.3 Å². The summed E-state index contributed by atoms with van der Waals surface area (Å²) in [5.41, 5.74) is 3.08. The van der Waals surface area contributed by atoms with Crippen LogP contribution < -0.4 is 15.4 Å². The minimum absolute atomic E-state index is 0.0496. The Kier molecular flexibility index (Phi) is 7.05. The maximum Gasteiger partial charge on any atom is 0.225 e. The van der Waals surface area contributed by atoms with Crippen LogP contribution in [0.3, 0.4) is 0 Å². The van der Waals surface area contributed by atoms with Gasteiger partial charge < -0.3 is 19.9 Å². The van der Waals surface area contributed by atoms with Crippen molar-refractivity contribution in [3.8, 4) is 17.2 Å². The van der Waals surface area contributed by atoms with Gasteiger partial charge in [-0.05, 0) is 65.5 Å². The molecule has 3 aromatic rings. The van der Waals surface area contributed by atoms with Crippen molar-refractivity contribution in [2.45, 2.75) is 78.5 Å². The van der Waals surface area contributed by atoms with Gasteiger partial charge in [-0.25, -0.2) is 14.4 Å². The fraction of sp³-hybridized carbons (Fsp3) is 0.500. The summed E-state index contributed by atoms with van der Waals surface area (Å²) in [5, 5.41) is 10.2. The molecule has 176 valence electrons. The largest absolute Gasteiger partial charge is 0.489 e. The highest BCUT2D eigenvalue weighted by Crippen LogP contribution is 2.30. The molecule has 1 aliphatic rings. The third-order valence-corrected chi connectivity index (χ3v) is 5.69. The first-order valence-electron chi connectivity index (χ1n) is 11.5. The van der Waals surface area contributed by atoms with Crippen LogP contribution in [0.1, 0.15) is 62.9 Å². The van der Waals surface area contributed by atoms with Gasteiger partial charge in [-0.2, -0.15) is 4.98 Å². The van der Waals surface area contributed by atoms with E-state index in [1.54, 1.807) is 0 Å². The normalized spacial score (nSPS) is 14.5. The maximum absolute atomic E-state index is 14.0. The molecular weight excluding hydrogens is 423 g/mol. The lowest BCUT2D eigenvalue weighted by Crippen LogP contribution is -2.20. The van der Waals surface area contributed by atoms with E-state index in [2.05, 4.69) is 25.8 Å².